The first-order chi connectivity index (χ1) is 6.82. The van der Waals surface area contributed by atoms with E-state index in [0.29, 0.717) is 17.9 Å². The fourth-order valence-electron chi connectivity index (χ4n) is 2.26. The smallest absolute Gasteiger partial charge is 0.152 e. The van der Waals surface area contributed by atoms with E-state index < -0.39 is 0 Å². The molecule has 0 spiro atoms. The Morgan fingerprint density at radius 2 is 1.40 bits per heavy atom. The van der Waals surface area contributed by atoms with E-state index in [4.69, 9.17) is 0 Å². The monoisotopic (exact) mass is 213 g/mol. The van der Waals surface area contributed by atoms with E-state index in [1.165, 1.54) is 0 Å². The zero-order valence-electron chi connectivity index (χ0n) is 11.4. The van der Waals surface area contributed by atoms with Crippen molar-refractivity contribution in [1.29, 1.82) is 0 Å². The van der Waals surface area contributed by atoms with Crippen molar-refractivity contribution < 1.29 is 4.79 Å². The van der Waals surface area contributed by atoms with Gasteiger partial charge in [-0.3, -0.25) is 9.69 Å². The number of nitrogens with zero attached hydrogens (tertiary/aromatic N) is 1. The third-order valence-electron chi connectivity index (χ3n) is 2.84. The lowest BCUT2D eigenvalue weighted by Crippen LogP contribution is -2.49. The fourth-order valence-corrected chi connectivity index (χ4v) is 2.26. The quantitative estimate of drug-likeness (QED) is 0.675. The molecule has 0 rings (SSSR count). The molecular formula is C13H27NO. The lowest BCUT2D eigenvalue weighted by molar-refractivity contribution is -0.129. The molecule has 0 aliphatic carbocycles. The maximum Gasteiger partial charge on any atom is 0.152 e. The molecule has 0 aromatic rings. The topological polar surface area (TPSA) is 20.3 Å². The van der Waals surface area contributed by atoms with Gasteiger partial charge in [0, 0.05) is 18.0 Å². The van der Waals surface area contributed by atoms with Gasteiger partial charge in [-0.2, -0.15) is 0 Å². The molecule has 0 aliphatic heterocycles. The predicted molar refractivity (Wildman–Crippen MR) is 66.0 cm³/mol. The first-order valence-electron chi connectivity index (χ1n) is 6.14. The Morgan fingerprint density at radius 3 is 1.60 bits per heavy atom. The number of carbonyl (C=O) groups is 1. The summed E-state index contributed by atoms with van der Waals surface area (Å²) in [4.78, 5) is 14.4. The summed E-state index contributed by atoms with van der Waals surface area (Å²) in [6.07, 6.45) is 0.910. The van der Waals surface area contributed by atoms with Gasteiger partial charge in [0.05, 0.1) is 6.04 Å². The third kappa shape index (κ3) is 3.94. The van der Waals surface area contributed by atoms with Gasteiger partial charge in [0.2, 0.25) is 0 Å². The summed E-state index contributed by atoms with van der Waals surface area (Å²) in [7, 11) is 0. The van der Waals surface area contributed by atoms with Gasteiger partial charge in [0.25, 0.3) is 0 Å². The molecule has 0 saturated heterocycles. The summed E-state index contributed by atoms with van der Waals surface area (Å²) in [5.41, 5.74) is 0. The lowest BCUT2D eigenvalue weighted by Gasteiger charge is -2.37. The molecule has 0 heterocycles. The maximum absolute atomic E-state index is 12.1. The Kier molecular flexibility index (Phi) is 6.11. The van der Waals surface area contributed by atoms with Gasteiger partial charge in [-0.15, -0.1) is 0 Å². The van der Waals surface area contributed by atoms with Gasteiger partial charge in [-0.05, 0) is 34.1 Å². The highest BCUT2D eigenvalue weighted by Gasteiger charge is 2.29. The summed E-state index contributed by atoms with van der Waals surface area (Å²) < 4.78 is 0. The number of hydrogen-bond donors (Lipinski definition) is 0. The minimum absolute atomic E-state index is 0.0880. The van der Waals surface area contributed by atoms with Crippen molar-refractivity contribution in [2.45, 2.75) is 73.0 Å². The van der Waals surface area contributed by atoms with Crippen molar-refractivity contribution in [2.75, 3.05) is 0 Å². The van der Waals surface area contributed by atoms with Gasteiger partial charge in [-0.25, -0.2) is 0 Å². The van der Waals surface area contributed by atoms with Crippen LogP contribution < -0.4 is 0 Å². The van der Waals surface area contributed by atoms with E-state index in [1.807, 2.05) is 13.8 Å². The summed E-state index contributed by atoms with van der Waals surface area (Å²) >= 11 is 0. The Morgan fingerprint density at radius 1 is 1.00 bits per heavy atom. The summed E-state index contributed by atoms with van der Waals surface area (Å²) in [5, 5.41) is 0. The highest BCUT2D eigenvalue weighted by Crippen LogP contribution is 2.17. The van der Waals surface area contributed by atoms with Gasteiger partial charge >= 0.3 is 0 Å². The molecule has 0 amide bonds. The van der Waals surface area contributed by atoms with Crippen LogP contribution in [-0.4, -0.2) is 28.8 Å². The van der Waals surface area contributed by atoms with Crippen molar-refractivity contribution in [3.63, 3.8) is 0 Å². The van der Waals surface area contributed by atoms with Gasteiger partial charge < -0.3 is 0 Å². The molecule has 0 N–H and O–H groups in total. The van der Waals surface area contributed by atoms with E-state index in [2.05, 4.69) is 39.5 Å². The Bertz CT molecular complexity index is 189. The largest absolute Gasteiger partial charge is 0.298 e. The van der Waals surface area contributed by atoms with Crippen LogP contribution in [0.4, 0.5) is 0 Å². The molecule has 15 heavy (non-hydrogen) atoms. The maximum atomic E-state index is 12.1. The molecule has 1 atom stereocenters. The lowest BCUT2D eigenvalue weighted by atomic mass is 9.96. The Hall–Kier alpha value is -0.370. The Labute approximate surface area is 95.0 Å². The number of hydrogen-bond acceptors (Lipinski definition) is 2. The van der Waals surface area contributed by atoms with Crippen LogP contribution in [0.15, 0.2) is 0 Å². The van der Waals surface area contributed by atoms with Crippen molar-refractivity contribution in [3.05, 3.63) is 0 Å². The average molecular weight is 213 g/mol. The second-order valence-electron chi connectivity index (χ2n) is 5.12. The average Bonchev–Trinajstić information content (AvgIpc) is 2.10. The second kappa shape index (κ2) is 6.26. The zero-order valence-corrected chi connectivity index (χ0v) is 11.4. The van der Waals surface area contributed by atoms with Gasteiger partial charge in [-0.1, -0.05) is 20.8 Å². The van der Waals surface area contributed by atoms with E-state index in [-0.39, 0.29) is 12.0 Å². The molecule has 2 nitrogen and oxygen atoms in total. The summed E-state index contributed by atoms with van der Waals surface area (Å²) in [6.45, 7) is 14.7. The van der Waals surface area contributed by atoms with Crippen molar-refractivity contribution in [3.8, 4) is 0 Å². The molecule has 90 valence electrons. The minimum atomic E-state index is 0.0880. The minimum Gasteiger partial charge on any atom is -0.298 e. The second-order valence-corrected chi connectivity index (χ2v) is 5.12. The SMILES string of the molecule is CCC(C(=O)C(C)C)N(C(C)C)C(C)C. The van der Waals surface area contributed by atoms with Crippen molar-refractivity contribution in [1.82, 2.24) is 4.90 Å². The van der Waals surface area contributed by atoms with Gasteiger partial charge in [0.15, 0.2) is 5.78 Å². The number of Topliss-reactive ketones (excluding diaryl/α,β-unsaturated/α-hetero) is 1. The van der Waals surface area contributed by atoms with Crippen LogP contribution in [0.1, 0.15) is 54.9 Å². The van der Waals surface area contributed by atoms with E-state index in [0.717, 1.165) is 6.42 Å². The molecule has 0 aromatic carbocycles. The van der Waals surface area contributed by atoms with Crippen LogP contribution >= 0.6 is 0 Å². The Balaban J connectivity index is 4.82. The highest BCUT2D eigenvalue weighted by atomic mass is 16.1. The molecule has 0 aromatic heterocycles. The van der Waals surface area contributed by atoms with Crippen LogP contribution in [0.5, 0.6) is 0 Å². The van der Waals surface area contributed by atoms with Crippen LogP contribution in [0.3, 0.4) is 0 Å². The van der Waals surface area contributed by atoms with Crippen molar-refractivity contribution >= 4 is 5.78 Å². The van der Waals surface area contributed by atoms with Crippen molar-refractivity contribution in [2.24, 2.45) is 5.92 Å². The van der Waals surface area contributed by atoms with Crippen LogP contribution in [0.2, 0.25) is 0 Å². The number of rotatable bonds is 6. The van der Waals surface area contributed by atoms with Crippen LogP contribution in [0.25, 0.3) is 0 Å². The normalized spacial score (nSPS) is 14.3. The summed E-state index contributed by atoms with van der Waals surface area (Å²) in [6, 6.07) is 0.945. The number of ketones is 1. The molecule has 0 saturated carbocycles. The predicted octanol–water partition coefficient (Wildman–Crippen LogP) is 3.11. The molecule has 0 bridgehead atoms. The molecular weight excluding hydrogens is 186 g/mol. The van der Waals surface area contributed by atoms with Crippen LogP contribution in [0, 0.1) is 5.92 Å². The standard InChI is InChI=1S/C13H27NO/c1-8-12(13(15)9(2)3)14(10(4)5)11(6)7/h9-12H,8H2,1-7H3. The third-order valence-corrected chi connectivity index (χ3v) is 2.84. The van der Waals surface area contributed by atoms with E-state index >= 15 is 0 Å². The molecule has 0 fully saturated rings. The molecule has 0 aliphatic rings. The van der Waals surface area contributed by atoms with Gasteiger partial charge in [0.1, 0.15) is 0 Å². The first-order valence-corrected chi connectivity index (χ1v) is 6.14. The zero-order chi connectivity index (χ0) is 12.2. The van der Waals surface area contributed by atoms with E-state index in [9.17, 15) is 4.79 Å². The molecule has 1 unspecified atom stereocenters. The molecule has 2 heteroatoms. The summed E-state index contributed by atoms with van der Waals surface area (Å²) in [5.74, 6) is 0.509. The first kappa shape index (κ1) is 14.6. The van der Waals surface area contributed by atoms with E-state index in [1.54, 1.807) is 0 Å². The fraction of sp³-hybridized carbons (Fsp3) is 0.923. The van der Waals surface area contributed by atoms with Crippen LogP contribution in [-0.2, 0) is 4.79 Å². The highest BCUT2D eigenvalue weighted by molar-refractivity contribution is 5.85. The number of carbonyl (C=O) groups excluding carboxylic acids is 1. The molecule has 0 radical (unpaired) electrons.